The highest BCUT2D eigenvalue weighted by Crippen LogP contribution is 2.18. The molecule has 0 unspecified atom stereocenters. The summed E-state index contributed by atoms with van der Waals surface area (Å²) in [5.41, 5.74) is 8.02. The molecule has 2 rings (SSSR count). The Morgan fingerprint density at radius 3 is 3.00 bits per heavy atom. The molecule has 0 aliphatic carbocycles. The molecule has 1 aliphatic heterocycles. The Morgan fingerprint density at radius 1 is 1.56 bits per heavy atom. The Labute approximate surface area is 94.0 Å². The molecule has 0 aromatic carbocycles. The SMILES string of the molecule is CC(C)(N)Cc1nc(=O)[nH]c2c1COCC2. The summed E-state index contributed by atoms with van der Waals surface area (Å²) in [5.74, 6) is 0. The first-order valence-corrected chi connectivity index (χ1v) is 5.43. The maximum absolute atomic E-state index is 11.4. The standard InChI is InChI=1S/C11H17N3O2/c1-11(2,12)5-9-7-6-16-4-3-8(7)13-10(15)14-9/h3-6,12H2,1-2H3,(H,13,14,15). The molecule has 1 aromatic heterocycles. The smallest absolute Gasteiger partial charge is 0.345 e. The summed E-state index contributed by atoms with van der Waals surface area (Å²) in [7, 11) is 0. The molecular weight excluding hydrogens is 206 g/mol. The van der Waals surface area contributed by atoms with Crippen LogP contribution in [0.4, 0.5) is 0 Å². The van der Waals surface area contributed by atoms with E-state index < -0.39 is 0 Å². The van der Waals surface area contributed by atoms with E-state index in [0.29, 0.717) is 19.6 Å². The van der Waals surface area contributed by atoms with Crippen molar-refractivity contribution in [3.05, 3.63) is 27.4 Å². The van der Waals surface area contributed by atoms with E-state index in [0.717, 1.165) is 23.4 Å². The highest BCUT2D eigenvalue weighted by Gasteiger charge is 2.21. The summed E-state index contributed by atoms with van der Waals surface area (Å²) in [6, 6.07) is 0. The number of rotatable bonds is 2. The first-order chi connectivity index (χ1) is 7.46. The van der Waals surface area contributed by atoms with Crippen molar-refractivity contribution in [2.75, 3.05) is 6.61 Å². The van der Waals surface area contributed by atoms with Crippen molar-refractivity contribution >= 4 is 0 Å². The summed E-state index contributed by atoms with van der Waals surface area (Å²) in [6.45, 7) is 5.01. The predicted octanol–water partition coefficient (Wildman–Crippen LogP) is 0.122. The van der Waals surface area contributed by atoms with Crippen molar-refractivity contribution in [2.24, 2.45) is 5.73 Å². The normalized spacial score (nSPS) is 15.9. The third kappa shape index (κ3) is 2.48. The Bertz CT molecular complexity index is 446. The molecule has 5 nitrogen and oxygen atoms in total. The number of aromatic nitrogens is 2. The Balaban J connectivity index is 2.43. The van der Waals surface area contributed by atoms with E-state index >= 15 is 0 Å². The van der Waals surface area contributed by atoms with E-state index in [4.69, 9.17) is 10.5 Å². The van der Waals surface area contributed by atoms with E-state index in [1.165, 1.54) is 0 Å². The molecule has 0 amide bonds. The van der Waals surface area contributed by atoms with Gasteiger partial charge in [0.1, 0.15) is 0 Å². The minimum absolute atomic E-state index is 0.292. The predicted molar refractivity (Wildman–Crippen MR) is 60.2 cm³/mol. The molecule has 88 valence electrons. The van der Waals surface area contributed by atoms with Crippen LogP contribution in [0.25, 0.3) is 0 Å². The number of H-pyrrole nitrogens is 1. The number of nitrogens with two attached hydrogens (primary N) is 1. The number of hydrogen-bond acceptors (Lipinski definition) is 4. The van der Waals surface area contributed by atoms with Crippen molar-refractivity contribution in [3.8, 4) is 0 Å². The van der Waals surface area contributed by atoms with Crippen LogP contribution in [0.2, 0.25) is 0 Å². The largest absolute Gasteiger partial charge is 0.376 e. The van der Waals surface area contributed by atoms with Gasteiger partial charge in [-0.15, -0.1) is 0 Å². The van der Waals surface area contributed by atoms with Crippen LogP contribution in [0, 0.1) is 0 Å². The molecule has 0 radical (unpaired) electrons. The molecule has 0 bridgehead atoms. The van der Waals surface area contributed by atoms with Gasteiger partial charge in [0.25, 0.3) is 0 Å². The first kappa shape index (κ1) is 11.3. The van der Waals surface area contributed by atoms with Crippen molar-refractivity contribution in [2.45, 2.75) is 38.8 Å². The quantitative estimate of drug-likeness (QED) is 0.746. The van der Waals surface area contributed by atoms with Crippen LogP contribution in [0.1, 0.15) is 30.8 Å². The summed E-state index contributed by atoms with van der Waals surface area (Å²) < 4.78 is 5.39. The van der Waals surface area contributed by atoms with Gasteiger partial charge in [-0.05, 0) is 13.8 Å². The zero-order valence-electron chi connectivity index (χ0n) is 9.67. The van der Waals surface area contributed by atoms with Crippen molar-refractivity contribution in [1.29, 1.82) is 0 Å². The molecule has 0 spiro atoms. The Hall–Kier alpha value is -1.20. The number of hydrogen-bond donors (Lipinski definition) is 2. The molecule has 0 saturated heterocycles. The number of fused-ring (bicyclic) bond motifs is 1. The van der Waals surface area contributed by atoms with Gasteiger partial charge >= 0.3 is 5.69 Å². The van der Waals surface area contributed by atoms with Crippen LogP contribution >= 0.6 is 0 Å². The average molecular weight is 223 g/mol. The van der Waals surface area contributed by atoms with E-state index in [1.807, 2.05) is 13.8 Å². The molecule has 3 N–H and O–H groups in total. The fourth-order valence-electron chi connectivity index (χ4n) is 1.91. The van der Waals surface area contributed by atoms with Crippen LogP contribution in [-0.2, 0) is 24.2 Å². The van der Waals surface area contributed by atoms with Crippen LogP contribution in [-0.4, -0.2) is 22.1 Å². The molecule has 5 heteroatoms. The van der Waals surface area contributed by atoms with Gasteiger partial charge in [0.05, 0.1) is 18.9 Å². The van der Waals surface area contributed by atoms with Crippen LogP contribution in [0.5, 0.6) is 0 Å². The number of aromatic amines is 1. The highest BCUT2D eigenvalue weighted by molar-refractivity contribution is 5.26. The lowest BCUT2D eigenvalue weighted by atomic mass is 9.95. The van der Waals surface area contributed by atoms with Gasteiger partial charge in [0, 0.05) is 29.6 Å². The van der Waals surface area contributed by atoms with Crippen LogP contribution < -0.4 is 11.4 Å². The molecule has 0 fully saturated rings. The molecule has 16 heavy (non-hydrogen) atoms. The van der Waals surface area contributed by atoms with Crippen molar-refractivity contribution in [1.82, 2.24) is 9.97 Å². The topological polar surface area (TPSA) is 81.0 Å². The second kappa shape index (κ2) is 3.99. The minimum Gasteiger partial charge on any atom is -0.376 e. The molecule has 0 atom stereocenters. The lowest BCUT2D eigenvalue weighted by Gasteiger charge is -2.23. The van der Waals surface area contributed by atoms with Crippen LogP contribution in [0.3, 0.4) is 0 Å². The zero-order valence-corrected chi connectivity index (χ0v) is 9.67. The molecule has 1 aromatic rings. The number of nitrogens with one attached hydrogen (secondary N) is 1. The van der Waals surface area contributed by atoms with Gasteiger partial charge in [-0.25, -0.2) is 4.79 Å². The molecule has 2 heterocycles. The lowest BCUT2D eigenvalue weighted by Crippen LogP contribution is -2.37. The average Bonchev–Trinajstić information content (AvgIpc) is 2.14. The number of ether oxygens (including phenoxy) is 1. The molecule has 1 aliphatic rings. The molecule has 0 saturated carbocycles. The second-order valence-corrected chi connectivity index (χ2v) is 4.91. The monoisotopic (exact) mass is 223 g/mol. The fraction of sp³-hybridized carbons (Fsp3) is 0.636. The minimum atomic E-state index is -0.369. The lowest BCUT2D eigenvalue weighted by molar-refractivity contribution is 0.107. The first-order valence-electron chi connectivity index (χ1n) is 5.43. The van der Waals surface area contributed by atoms with Gasteiger partial charge in [-0.1, -0.05) is 0 Å². The zero-order chi connectivity index (χ0) is 11.8. The van der Waals surface area contributed by atoms with Gasteiger partial charge in [0.15, 0.2) is 0 Å². The second-order valence-electron chi connectivity index (χ2n) is 4.91. The fourth-order valence-corrected chi connectivity index (χ4v) is 1.91. The maximum atomic E-state index is 11.4. The van der Waals surface area contributed by atoms with Crippen molar-refractivity contribution < 1.29 is 4.74 Å². The van der Waals surface area contributed by atoms with Gasteiger partial charge in [0.2, 0.25) is 0 Å². The van der Waals surface area contributed by atoms with E-state index in [1.54, 1.807) is 0 Å². The highest BCUT2D eigenvalue weighted by atomic mass is 16.5. The van der Waals surface area contributed by atoms with E-state index in [9.17, 15) is 4.79 Å². The van der Waals surface area contributed by atoms with Gasteiger partial charge < -0.3 is 15.5 Å². The third-order valence-electron chi connectivity index (χ3n) is 2.57. The number of nitrogens with zero attached hydrogens (tertiary/aromatic N) is 1. The van der Waals surface area contributed by atoms with Gasteiger partial charge in [-0.3, -0.25) is 0 Å². The Morgan fingerprint density at radius 2 is 2.31 bits per heavy atom. The van der Waals surface area contributed by atoms with Gasteiger partial charge in [-0.2, -0.15) is 4.98 Å². The summed E-state index contributed by atoms with van der Waals surface area (Å²) in [5, 5.41) is 0. The maximum Gasteiger partial charge on any atom is 0.345 e. The summed E-state index contributed by atoms with van der Waals surface area (Å²) in [6.07, 6.45) is 1.33. The van der Waals surface area contributed by atoms with Crippen LogP contribution in [0.15, 0.2) is 4.79 Å². The van der Waals surface area contributed by atoms with E-state index in [2.05, 4.69) is 9.97 Å². The summed E-state index contributed by atoms with van der Waals surface area (Å²) >= 11 is 0. The molecular formula is C11H17N3O2. The van der Waals surface area contributed by atoms with Crippen molar-refractivity contribution in [3.63, 3.8) is 0 Å². The Kier molecular flexibility index (Phi) is 2.82. The van der Waals surface area contributed by atoms with E-state index in [-0.39, 0.29) is 11.2 Å². The third-order valence-corrected chi connectivity index (χ3v) is 2.57. The summed E-state index contributed by atoms with van der Waals surface area (Å²) in [4.78, 5) is 18.2.